The molecule has 1 heterocycles. The maximum absolute atomic E-state index is 5.73. The average Bonchev–Trinajstić information content (AvgIpc) is 2.76. The van der Waals surface area contributed by atoms with E-state index in [0.29, 0.717) is 17.9 Å². The van der Waals surface area contributed by atoms with Crippen molar-refractivity contribution in [2.75, 3.05) is 0 Å². The minimum atomic E-state index is 0.335. The zero-order valence-corrected chi connectivity index (χ0v) is 11.1. The third kappa shape index (κ3) is 2.60. The van der Waals surface area contributed by atoms with Gasteiger partial charge in [0.25, 0.3) is 0 Å². The van der Waals surface area contributed by atoms with Gasteiger partial charge in [0, 0.05) is 18.4 Å². The summed E-state index contributed by atoms with van der Waals surface area (Å²) in [6.45, 7) is 7.48. The Balaban J connectivity index is 2.29. The maximum Gasteiger partial charge on any atom is 0.0574 e. The van der Waals surface area contributed by atoms with E-state index in [-0.39, 0.29) is 0 Å². The minimum Gasteiger partial charge on any atom is -0.325 e. The molecule has 1 aliphatic carbocycles. The van der Waals surface area contributed by atoms with Gasteiger partial charge >= 0.3 is 0 Å². The number of aromatic nitrogens is 2. The second-order valence-electron chi connectivity index (χ2n) is 5.96. The summed E-state index contributed by atoms with van der Waals surface area (Å²) in [6, 6.07) is 2.00. The Bertz CT molecular complexity index is 409. The van der Waals surface area contributed by atoms with Crippen molar-refractivity contribution in [2.45, 2.75) is 46.6 Å². The van der Waals surface area contributed by atoms with Crippen LogP contribution in [0.25, 0.3) is 5.70 Å². The molecule has 0 spiro atoms. The first-order chi connectivity index (χ1) is 8.02. The third-order valence-electron chi connectivity index (χ3n) is 3.66. The molecule has 3 heteroatoms. The van der Waals surface area contributed by atoms with Crippen molar-refractivity contribution in [1.82, 2.24) is 9.78 Å². The summed E-state index contributed by atoms with van der Waals surface area (Å²) in [5.74, 6) is 0.640. The van der Waals surface area contributed by atoms with Crippen LogP contribution in [0.1, 0.15) is 45.7 Å². The lowest BCUT2D eigenvalue weighted by atomic mass is 9.75. The first-order valence-electron chi connectivity index (χ1n) is 6.46. The highest BCUT2D eigenvalue weighted by Crippen LogP contribution is 2.37. The van der Waals surface area contributed by atoms with E-state index in [4.69, 9.17) is 5.73 Å². The molecular formula is C14H23N3. The summed E-state index contributed by atoms with van der Waals surface area (Å²) < 4.78 is 2.03. The van der Waals surface area contributed by atoms with Gasteiger partial charge in [-0.15, -0.1) is 0 Å². The summed E-state index contributed by atoms with van der Waals surface area (Å²) in [7, 11) is 0. The molecule has 0 saturated carbocycles. The van der Waals surface area contributed by atoms with Crippen molar-refractivity contribution in [2.24, 2.45) is 17.1 Å². The first kappa shape index (κ1) is 12.4. The fourth-order valence-corrected chi connectivity index (χ4v) is 2.51. The molecule has 0 saturated heterocycles. The van der Waals surface area contributed by atoms with Crippen molar-refractivity contribution in [3.8, 4) is 0 Å². The van der Waals surface area contributed by atoms with Gasteiger partial charge in [0.15, 0.2) is 0 Å². The highest BCUT2D eigenvalue weighted by Gasteiger charge is 2.26. The lowest BCUT2D eigenvalue weighted by molar-refractivity contribution is 0.267. The maximum atomic E-state index is 5.73. The molecule has 0 bridgehead atoms. The molecule has 1 aromatic heterocycles. The van der Waals surface area contributed by atoms with Crippen molar-refractivity contribution in [3.05, 3.63) is 24.0 Å². The number of rotatable bonds is 2. The van der Waals surface area contributed by atoms with Gasteiger partial charge in [-0.05, 0) is 36.7 Å². The van der Waals surface area contributed by atoms with E-state index in [2.05, 4.69) is 31.9 Å². The van der Waals surface area contributed by atoms with Crippen LogP contribution < -0.4 is 5.73 Å². The van der Waals surface area contributed by atoms with Gasteiger partial charge in [0.05, 0.1) is 5.69 Å². The van der Waals surface area contributed by atoms with Crippen molar-refractivity contribution < 1.29 is 0 Å². The normalized spacial score (nSPS) is 21.4. The number of nitrogens with zero attached hydrogens (tertiary/aromatic N) is 2. The second kappa shape index (κ2) is 4.65. The molecule has 0 amide bonds. The van der Waals surface area contributed by atoms with Gasteiger partial charge in [-0.3, -0.25) is 0 Å². The Labute approximate surface area is 104 Å². The average molecular weight is 233 g/mol. The molecule has 0 aromatic carbocycles. The first-order valence-corrected chi connectivity index (χ1v) is 6.46. The molecular weight excluding hydrogens is 210 g/mol. The number of allylic oxidation sites excluding steroid dienone is 2. The number of nitrogens with two attached hydrogens (primary N) is 1. The quantitative estimate of drug-likeness (QED) is 0.853. The molecule has 1 aromatic rings. The Morgan fingerprint density at radius 3 is 2.88 bits per heavy atom. The summed E-state index contributed by atoms with van der Waals surface area (Å²) in [5.41, 5.74) is 8.49. The van der Waals surface area contributed by atoms with Gasteiger partial charge in [-0.1, -0.05) is 26.8 Å². The van der Waals surface area contributed by atoms with E-state index in [1.165, 1.54) is 18.5 Å². The molecule has 1 unspecified atom stereocenters. The summed E-state index contributed by atoms with van der Waals surface area (Å²) in [6.07, 6.45) is 7.88. The molecule has 1 aliphatic rings. The van der Waals surface area contributed by atoms with E-state index in [0.717, 1.165) is 12.1 Å². The van der Waals surface area contributed by atoms with Crippen LogP contribution in [0.3, 0.4) is 0 Å². The van der Waals surface area contributed by atoms with Crippen LogP contribution in [0.2, 0.25) is 0 Å². The van der Waals surface area contributed by atoms with Gasteiger partial charge in [-0.2, -0.15) is 5.10 Å². The minimum absolute atomic E-state index is 0.335. The third-order valence-corrected chi connectivity index (χ3v) is 3.66. The van der Waals surface area contributed by atoms with Crippen LogP contribution in [0.4, 0.5) is 0 Å². The van der Waals surface area contributed by atoms with Crippen LogP contribution in [0, 0.1) is 11.3 Å². The monoisotopic (exact) mass is 233 g/mol. The van der Waals surface area contributed by atoms with Gasteiger partial charge < -0.3 is 5.73 Å². The van der Waals surface area contributed by atoms with E-state index in [9.17, 15) is 0 Å². The van der Waals surface area contributed by atoms with E-state index in [1.54, 1.807) is 0 Å². The smallest absolute Gasteiger partial charge is 0.0574 e. The Morgan fingerprint density at radius 1 is 1.47 bits per heavy atom. The van der Waals surface area contributed by atoms with Crippen molar-refractivity contribution in [3.63, 3.8) is 0 Å². The Hall–Kier alpha value is -1.09. The molecule has 0 aliphatic heterocycles. The second-order valence-corrected chi connectivity index (χ2v) is 5.96. The van der Waals surface area contributed by atoms with Gasteiger partial charge in [0.2, 0.25) is 0 Å². The highest BCUT2D eigenvalue weighted by molar-refractivity contribution is 5.47. The predicted molar refractivity (Wildman–Crippen MR) is 71.2 cm³/mol. The standard InChI is InChI=1S/C14H23N3/c1-14(2,3)11-5-4-6-12(9-11)17-13(10-15)7-8-16-17/h7-9,11H,4-6,10,15H2,1-3H3. The predicted octanol–water partition coefficient (Wildman–Crippen LogP) is 3.03. The molecule has 3 nitrogen and oxygen atoms in total. The molecule has 1 atom stereocenters. The van der Waals surface area contributed by atoms with E-state index >= 15 is 0 Å². The zero-order chi connectivity index (χ0) is 12.5. The molecule has 0 fully saturated rings. The lowest BCUT2D eigenvalue weighted by Crippen LogP contribution is -2.22. The Morgan fingerprint density at radius 2 is 2.24 bits per heavy atom. The number of hydrogen-bond donors (Lipinski definition) is 1. The molecule has 0 radical (unpaired) electrons. The summed E-state index contributed by atoms with van der Waals surface area (Å²) in [5, 5.41) is 4.40. The summed E-state index contributed by atoms with van der Waals surface area (Å²) >= 11 is 0. The van der Waals surface area contributed by atoms with Crippen LogP contribution in [-0.4, -0.2) is 9.78 Å². The lowest BCUT2D eigenvalue weighted by Gasteiger charge is -2.32. The topological polar surface area (TPSA) is 43.8 Å². The highest BCUT2D eigenvalue weighted by atomic mass is 15.3. The van der Waals surface area contributed by atoms with Crippen LogP contribution >= 0.6 is 0 Å². The van der Waals surface area contributed by atoms with Crippen LogP contribution in [0.15, 0.2) is 18.3 Å². The van der Waals surface area contributed by atoms with E-state index in [1.807, 2.05) is 16.9 Å². The molecule has 2 N–H and O–H groups in total. The van der Waals surface area contributed by atoms with Gasteiger partial charge in [-0.25, -0.2) is 4.68 Å². The fourth-order valence-electron chi connectivity index (χ4n) is 2.51. The van der Waals surface area contributed by atoms with Crippen LogP contribution in [0.5, 0.6) is 0 Å². The largest absolute Gasteiger partial charge is 0.325 e. The summed E-state index contributed by atoms with van der Waals surface area (Å²) in [4.78, 5) is 0. The molecule has 2 rings (SSSR count). The number of hydrogen-bond acceptors (Lipinski definition) is 2. The fraction of sp³-hybridized carbons (Fsp3) is 0.643. The zero-order valence-electron chi connectivity index (χ0n) is 11.1. The molecule has 94 valence electrons. The SMILES string of the molecule is CC(C)(C)C1C=C(n2nccc2CN)CCC1. The Kier molecular flexibility index (Phi) is 3.38. The van der Waals surface area contributed by atoms with Crippen LogP contribution in [-0.2, 0) is 6.54 Å². The van der Waals surface area contributed by atoms with Crippen molar-refractivity contribution in [1.29, 1.82) is 0 Å². The molecule has 17 heavy (non-hydrogen) atoms. The van der Waals surface area contributed by atoms with E-state index < -0.39 is 0 Å². The van der Waals surface area contributed by atoms with Gasteiger partial charge in [0.1, 0.15) is 0 Å². The van der Waals surface area contributed by atoms with Crippen molar-refractivity contribution >= 4 is 5.70 Å².